The molecule has 0 aromatic heterocycles. The third-order valence-corrected chi connectivity index (χ3v) is 3.89. The van der Waals surface area contributed by atoms with Crippen molar-refractivity contribution in [3.8, 4) is 0 Å². The van der Waals surface area contributed by atoms with Crippen molar-refractivity contribution in [2.24, 2.45) is 0 Å². The van der Waals surface area contributed by atoms with Crippen LogP contribution >= 0.6 is 0 Å². The minimum atomic E-state index is 0.750. The van der Waals surface area contributed by atoms with Gasteiger partial charge >= 0.3 is 0 Å². The quantitative estimate of drug-likeness (QED) is 0.569. The molecule has 0 amide bonds. The average molecular weight is 171 g/mol. The van der Waals surface area contributed by atoms with Crippen molar-refractivity contribution in [3.63, 3.8) is 0 Å². The summed E-state index contributed by atoms with van der Waals surface area (Å²) in [6.07, 6.45) is 0. The number of quaternary nitrogens is 1. The number of likely N-dealkylation sites (N-methyl/N-ethyl adjacent to an activating group) is 2. The lowest BCUT2D eigenvalue weighted by Crippen LogP contribution is -2.48. The third kappa shape index (κ3) is 1.38. The molecule has 1 rings (SSSR count). The molecule has 1 heterocycles. The Morgan fingerprint density at radius 3 is 2.17 bits per heavy atom. The highest BCUT2D eigenvalue weighted by molar-refractivity contribution is 4.77. The minimum absolute atomic E-state index is 0.750. The summed E-state index contributed by atoms with van der Waals surface area (Å²) < 4.78 is 1.22. The van der Waals surface area contributed by atoms with Crippen molar-refractivity contribution in [1.82, 2.24) is 4.90 Å². The first-order valence-electron chi connectivity index (χ1n) is 5.13. The maximum Gasteiger partial charge on any atom is 0.135 e. The predicted octanol–water partition coefficient (Wildman–Crippen LogP) is 1.52. The zero-order valence-electron chi connectivity index (χ0n) is 9.17. The van der Waals surface area contributed by atoms with Crippen LogP contribution in [0.1, 0.15) is 27.7 Å². The first-order chi connectivity index (χ1) is 5.55. The van der Waals surface area contributed by atoms with E-state index >= 15 is 0 Å². The van der Waals surface area contributed by atoms with Gasteiger partial charge in [-0.2, -0.15) is 0 Å². The summed E-state index contributed by atoms with van der Waals surface area (Å²) in [7, 11) is 2.37. The molecule has 1 aliphatic rings. The number of hydrogen-bond acceptors (Lipinski definition) is 1. The molecule has 2 heteroatoms. The van der Waals surface area contributed by atoms with Gasteiger partial charge in [0.15, 0.2) is 0 Å². The van der Waals surface area contributed by atoms with E-state index in [9.17, 15) is 0 Å². The largest absolute Gasteiger partial charge is 0.310 e. The molecule has 0 aromatic carbocycles. The van der Waals surface area contributed by atoms with Gasteiger partial charge in [-0.15, -0.1) is 0 Å². The van der Waals surface area contributed by atoms with Gasteiger partial charge in [-0.1, -0.05) is 6.92 Å². The Morgan fingerprint density at radius 1 is 1.33 bits per heavy atom. The molecule has 12 heavy (non-hydrogen) atoms. The Bertz CT molecular complexity index is 158. The summed E-state index contributed by atoms with van der Waals surface area (Å²) in [5.41, 5.74) is 0. The van der Waals surface area contributed by atoms with E-state index in [-0.39, 0.29) is 0 Å². The van der Waals surface area contributed by atoms with Crippen molar-refractivity contribution < 1.29 is 4.48 Å². The molecule has 1 aliphatic heterocycles. The number of hydrogen-bond donors (Lipinski definition) is 0. The molecule has 0 N–H and O–H groups in total. The Labute approximate surface area is 76.7 Å². The van der Waals surface area contributed by atoms with Gasteiger partial charge in [0, 0.05) is 6.54 Å². The molecule has 0 radical (unpaired) electrons. The van der Waals surface area contributed by atoms with Crippen LogP contribution in [0.5, 0.6) is 0 Å². The maximum atomic E-state index is 2.58. The summed E-state index contributed by atoms with van der Waals surface area (Å²) in [6.45, 7) is 13.0. The van der Waals surface area contributed by atoms with Crippen LogP contribution in [0.15, 0.2) is 0 Å². The van der Waals surface area contributed by atoms with E-state index < -0.39 is 0 Å². The van der Waals surface area contributed by atoms with Crippen LogP contribution < -0.4 is 0 Å². The molecule has 2 nitrogen and oxygen atoms in total. The van der Waals surface area contributed by atoms with Gasteiger partial charge in [-0.25, -0.2) is 4.90 Å². The van der Waals surface area contributed by atoms with E-state index in [0.29, 0.717) is 0 Å². The predicted molar refractivity (Wildman–Crippen MR) is 52.9 cm³/mol. The second-order valence-electron chi connectivity index (χ2n) is 4.32. The number of nitrogens with zero attached hydrogens (tertiary/aromatic N) is 2. The molecule has 1 fully saturated rings. The van der Waals surface area contributed by atoms with Gasteiger partial charge in [0.05, 0.1) is 19.6 Å². The van der Waals surface area contributed by atoms with Gasteiger partial charge in [0.1, 0.15) is 12.7 Å². The lowest BCUT2D eigenvalue weighted by atomic mass is 10.1. The maximum absolute atomic E-state index is 2.58. The SMILES string of the molecule is CCN1C[N@+](C)(CC)C(C)C1C. The summed E-state index contributed by atoms with van der Waals surface area (Å²) in [5, 5.41) is 0. The molecular weight excluding hydrogens is 148 g/mol. The number of rotatable bonds is 2. The fourth-order valence-corrected chi connectivity index (χ4v) is 2.27. The fourth-order valence-electron chi connectivity index (χ4n) is 2.27. The molecule has 2 unspecified atom stereocenters. The summed E-state index contributed by atoms with van der Waals surface area (Å²) in [6, 6.07) is 1.54. The summed E-state index contributed by atoms with van der Waals surface area (Å²) in [5.74, 6) is 0. The molecule has 0 saturated carbocycles. The van der Waals surface area contributed by atoms with E-state index in [1.807, 2.05) is 0 Å². The highest BCUT2D eigenvalue weighted by Gasteiger charge is 2.43. The molecule has 0 bridgehead atoms. The summed E-state index contributed by atoms with van der Waals surface area (Å²) >= 11 is 0. The highest BCUT2D eigenvalue weighted by atomic mass is 15.5. The standard InChI is InChI=1S/C10H23N2/c1-6-11-8-12(5,7-2)10(4)9(11)3/h9-10H,6-8H2,1-5H3/q+1/t9?,10?,12-/m0/s1. The monoisotopic (exact) mass is 171 g/mol. The molecular formula is C10H23N2+. The van der Waals surface area contributed by atoms with Crippen LogP contribution in [0, 0.1) is 0 Å². The zero-order chi connectivity index (χ0) is 9.35. The summed E-state index contributed by atoms with van der Waals surface area (Å²) in [4.78, 5) is 2.58. The minimum Gasteiger partial charge on any atom is -0.310 e. The lowest BCUT2D eigenvalue weighted by Gasteiger charge is -2.32. The van der Waals surface area contributed by atoms with Crippen LogP contribution in [0.2, 0.25) is 0 Å². The van der Waals surface area contributed by atoms with Crippen molar-refractivity contribution in [2.45, 2.75) is 39.8 Å². The van der Waals surface area contributed by atoms with Crippen LogP contribution in [-0.4, -0.2) is 48.3 Å². The van der Waals surface area contributed by atoms with Crippen molar-refractivity contribution in [1.29, 1.82) is 0 Å². The smallest absolute Gasteiger partial charge is 0.135 e. The van der Waals surface area contributed by atoms with Crippen LogP contribution in [0.3, 0.4) is 0 Å². The van der Waals surface area contributed by atoms with Gasteiger partial charge in [0.2, 0.25) is 0 Å². The van der Waals surface area contributed by atoms with Crippen molar-refractivity contribution >= 4 is 0 Å². The first-order valence-corrected chi connectivity index (χ1v) is 5.13. The van der Waals surface area contributed by atoms with Crippen LogP contribution in [-0.2, 0) is 0 Å². The van der Waals surface area contributed by atoms with Crippen LogP contribution in [0.4, 0.5) is 0 Å². The molecule has 0 spiro atoms. The third-order valence-electron chi connectivity index (χ3n) is 3.89. The molecule has 0 aliphatic carbocycles. The molecule has 3 atom stereocenters. The van der Waals surface area contributed by atoms with E-state index in [0.717, 1.165) is 12.1 Å². The van der Waals surface area contributed by atoms with Gasteiger partial charge in [-0.3, -0.25) is 0 Å². The molecule has 1 saturated heterocycles. The van der Waals surface area contributed by atoms with E-state index in [1.54, 1.807) is 0 Å². The molecule has 72 valence electrons. The normalized spacial score (nSPS) is 43.8. The Morgan fingerprint density at radius 2 is 1.92 bits per heavy atom. The Hall–Kier alpha value is -0.0800. The molecule has 0 aromatic rings. The zero-order valence-corrected chi connectivity index (χ0v) is 9.17. The van der Waals surface area contributed by atoms with Crippen molar-refractivity contribution in [3.05, 3.63) is 0 Å². The van der Waals surface area contributed by atoms with Crippen LogP contribution in [0.25, 0.3) is 0 Å². The Balaban J connectivity index is 2.72. The first kappa shape index (κ1) is 10.0. The second kappa shape index (κ2) is 3.35. The lowest BCUT2D eigenvalue weighted by molar-refractivity contribution is -0.921. The topological polar surface area (TPSA) is 3.24 Å². The van der Waals surface area contributed by atoms with Crippen molar-refractivity contribution in [2.75, 3.05) is 26.8 Å². The highest BCUT2D eigenvalue weighted by Crippen LogP contribution is 2.25. The van der Waals surface area contributed by atoms with E-state index in [4.69, 9.17) is 0 Å². The average Bonchev–Trinajstić information content (AvgIpc) is 2.31. The fraction of sp³-hybridized carbons (Fsp3) is 1.00. The van der Waals surface area contributed by atoms with E-state index in [1.165, 1.54) is 24.2 Å². The second-order valence-corrected chi connectivity index (χ2v) is 4.32. The van der Waals surface area contributed by atoms with E-state index in [2.05, 4.69) is 39.6 Å². The Kier molecular flexibility index (Phi) is 2.79. The van der Waals surface area contributed by atoms with Gasteiger partial charge in [-0.05, 0) is 20.8 Å². The van der Waals surface area contributed by atoms with Gasteiger partial charge < -0.3 is 4.48 Å². The van der Waals surface area contributed by atoms with Gasteiger partial charge in [0.25, 0.3) is 0 Å².